The topological polar surface area (TPSA) is 12.5 Å². The third-order valence-corrected chi connectivity index (χ3v) is 4.65. The monoisotopic (exact) mass is 321 g/mol. The molecule has 0 N–H and O–H groups in total. The Balaban J connectivity index is 1.82. The molecule has 0 saturated carbocycles. The molecule has 0 bridgehead atoms. The quantitative estimate of drug-likeness (QED) is 0.679. The van der Waals surface area contributed by atoms with Crippen LogP contribution in [0.3, 0.4) is 0 Å². The third-order valence-electron chi connectivity index (χ3n) is 3.72. The zero-order valence-electron chi connectivity index (χ0n) is 13.3. The van der Waals surface area contributed by atoms with E-state index in [1.807, 2.05) is 12.1 Å². The van der Waals surface area contributed by atoms with E-state index in [0.717, 1.165) is 44.0 Å². The second kappa shape index (κ2) is 8.91. The highest BCUT2D eigenvalue weighted by Gasteiger charge is 2.07. The van der Waals surface area contributed by atoms with Gasteiger partial charge in [-0.2, -0.15) is 0 Å². The molecule has 1 aromatic heterocycles. The van der Waals surface area contributed by atoms with Crippen molar-refractivity contribution in [2.75, 3.05) is 26.7 Å². The molecule has 4 heteroatoms. The van der Waals surface area contributed by atoms with Crippen LogP contribution >= 0.6 is 11.3 Å². The average molecular weight is 321 g/mol. The first-order valence-electron chi connectivity index (χ1n) is 7.79. The van der Waals surface area contributed by atoms with Crippen LogP contribution in [-0.4, -0.2) is 31.6 Å². The van der Waals surface area contributed by atoms with E-state index in [0.29, 0.717) is 0 Å². The summed E-state index contributed by atoms with van der Waals surface area (Å²) in [5.74, 6) is -0.166. The Bertz CT molecular complexity index is 552. The lowest BCUT2D eigenvalue weighted by Gasteiger charge is -2.21. The van der Waals surface area contributed by atoms with Crippen molar-refractivity contribution in [3.05, 3.63) is 52.7 Å². The van der Waals surface area contributed by atoms with Crippen molar-refractivity contribution in [3.63, 3.8) is 0 Å². The van der Waals surface area contributed by atoms with Gasteiger partial charge < -0.3 is 9.64 Å². The summed E-state index contributed by atoms with van der Waals surface area (Å²) in [6, 6.07) is 8.95. The van der Waals surface area contributed by atoms with Gasteiger partial charge in [0.15, 0.2) is 5.06 Å². The molecule has 2 rings (SSSR count). The van der Waals surface area contributed by atoms with Crippen molar-refractivity contribution in [2.45, 2.75) is 26.2 Å². The SMILES string of the molecule is CCCN(CCc1ccc(F)cc1)CCc1csc(OC)c1. The van der Waals surface area contributed by atoms with Gasteiger partial charge in [-0.05, 0) is 60.5 Å². The van der Waals surface area contributed by atoms with E-state index in [1.165, 1.54) is 23.3 Å². The van der Waals surface area contributed by atoms with Gasteiger partial charge >= 0.3 is 0 Å². The fourth-order valence-corrected chi connectivity index (χ4v) is 3.24. The molecule has 1 aromatic carbocycles. The Morgan fingerprint density at radius 2 is 1.73 bits per heavy atom. The summed E-state index contributed by atoms with van der Waals surface area (Å²) in [7, 11) is 1.71. The van der Waals surface area contributed by atoms with Gasteiger partial charge in [0.1, 0.15) is 5.82 Å². The van der Waals surface area contributed by atoms with E-state index in [4.69, 9.17) is 4.74 Å². The molecule has 0 aliphatic heterocycles. The number of rotatable bonds is 9. The summed E-state index contributed by atoms with van der Waals surface area (Å²) in [6.07, 6.45) is 3.16. The fraction of sp³-hybridized carbons (Fsp3) is 0.444. The third kappa shape index (κ3) is 5.43. The number of halogens is 1. The maximum Gasteiger partial charge on any atom is 0.173 e. The van der Waals surface area contributed by atoms with Crippen molar-refractivity contribution < 1.29 is 9.13 Å². The predicted octanol–water partition coefficient (Wildman–Crippen LogP) is 4.39. The Labute approximate surface area is 136 Å². The predicted molar refractivity (Wildman–Crippen MR) is 91.4 cm³/mol. The molecule has 0 unspecified atom stereocenters. The number of methoxy groups -OCH3 is 1. The number of hydrogen-bond donors (Lipinski definition) is 0. The first-order chi connectivity index (χ1) is 10.7. The zero-order valence-corrected chi connectivity index (χ0v) is 14.2. The van der Waals surface area contributed by atoms with Crippen molar-refractivity contribution in [1.82, 2.24) is 4.90 Å². The molecular weight excluding hydrogens is 297 g/mol. The van der Waals surface area contributed by atoms with Gasteiger partial charge in [0.05, 0.1) is 7.11 Å². The molecule has 1 heterocycles. The molecule has 2 nitrogen and oxygen atoms in total. The Kier molecular flexibility index (Phi) is 6.87. The number of nitrogens with zero attached hydrogens (tertiary/aromatic N) is 1. The lowest BCUT2D eigenvalue weighted by Crippen LogP contribution is -2.29. The Morgan fingerprint density at radius 3 is 2.32 bits per heavy atom. The Morgan fingerprint density at radius 1 is 1.05 bits per heavy atom. The largest absolute Gasteiger partial charge is 0.487 e. The van der Waals surface area contributed by atoms with Crippen LogP contribution in [0.2, 0.25) is 0 Å². The van der Waals surface area contributed by atoms with Crippen molar-refractivity contribution >= 4 is 11.3 Å². The molecule has 0 spiro atoms. The van der Waals surface area contributed by atoms with Gasteiger partial charge in [-0.25, -0.2) is 4.39 Å². The van der Waals surface area contributed by atoms with Crippen LogP contribution in [0.5, 0.6) is 5.06 Å². The van der Waals surface area contributed by atoms with E-state index < -0.39 is 0 Å². The van der Waals surface area contributed by atoms with E-state index in [-0.39, 0.29) is 5.82 Å². The summed E-state index contributed by atoms with van der Waals surface area (Å²) >= 11 is 1.65. The van der Waals surface area contributed by atoms with Gasteiger partial charge in [-0.3, -0.25) is 0 Å². The van der Waals surface area contributed by atoms with Crippen LogP contribution < -0.4 is 4.74 Å². The normalized spacial score (nSPS) is 11.1. The summed E-state index contributed by atoms with van der Waals surface area (Å²) in [5.41, 5.74) is 2.53. The van der Waals surface area contributed by atoms with Crippen LogP contribution in [0.25, 0.3) is 0 Å². The minimum atomic E-state index is -0.166. The van der Waals surface area contributed by atoms with Crippen molar-refractivity contribution in [1.29, 1.82) is 0 Å². The van der Waals surface area contributed by atoms with Gasteiger partial charge in [-0.1, -0.05) is 19.1 Å². The molecule has 0 radical (unpaired) electrons. The summed E-state index contributed by atoms with van der Waals surface area (Å²) in [6.45, 7) is 5.37. The van der Waals surface area contributed by atoms with E-state index >= 15 is 0 Å². The second-order valence-electron chi connectivity index (χ2n) is 5.45. The molecule has 0 aliphatic carbocycles. The molecule has 120 valence electrons. The summed E-state index contributed by atoms with van der Waals surface area (Å²) < 4.78 is 18.2. The molecule has 0 saturated heterocycles. The van der Waals surface area contributed by atoms with Crippen LogP contribution in [0.1, 0.15) is 24.5 Å². The van der Waals surface area contributed by atoms with Gasteiger partial charge in [0, 0.05) is 13.1 Å². The highest BCUT2D eigenvalue weighted by molar-refractivity contribution is 7.12. The van der Waals surface area contributed by atoms with E-state index in [1.54, 1.807) is 18.4 Å². The lowest BCUT2D eigenvalue weighted by molar-refractivity contribution is 0.281. The van der Waals surface area contributed by atoms with E-state index in [9.17, 15) is 4.39 Å². The van der Waals surface area contributed by atoms with E-state index in [2.05, 4.69) is 23.3 Å². The lowest BCUT2D eigenvalue weighted by atomic mass is 10.1. The minimum absolute atomic E-state index is 0.166. The van der Waals surface area contributed by atoms with Gasteiger partial charge in [-0.15, -0.1) is 11.3 Å². The minimum Gasteiger partial charge on any atom is -0.487 e. The first-order valence-corrected chi connectivity index (χ1v) is 8.67. The Hall–Kier alpha value is -1.39. The van der Waals surface area contributed by atoms with Crippen LogP contribution in [-0.2, 0) is 12.8 Å². The molecule has 22 heavy (non-hydrogen) atoms. The molecular formula is C18H24FNOS. The molecule has 0 aliphatic rings. The molecule has 0 fully saturated rings. The zero-order chi connectivity index (χ0) is 15.8. The molecule has 2 aromatic rings. The number of ether oxygens (including phenoxy) is 1. The smallest absolute Gasteiger partial charge is 0.173 e. The average Bonchev–Trinajstić information content (AvgIpc) is 3.00. The number of benzene rings is 1. The number of hydrogen-bond acceptors (Lipinski definition) is 3. The number of thiophene rings is 1. The fourth-order valence-electron chi connectivity index (χ4n) is 2.47. The highest BCUT2D eigenvalue weighted by atomic mass is 32.1. The second-order valence-corrected chi connectivity index (χ2v) is 6.32. The summed E-state index contributed by atoms with van der Waals surface area (Å²) in [5, 5.41) is 3.14. The summed E-state index contributed by atoms with van der Waals surface area (Å²) in [4.78, 5) is 2.48. The first kappa shape index (κ1) is 17.0. The van der Waals surface area contributed by atoms with Crippen LogP contribution in [0.4, 0.5) is 4.39 Å². The standard InChI is InChI=1S/C18H24FNOS/c1-3-10-20(11-8-15-4-6-17(19)7-5-15)12-9-16-13-18(21-2)22-14-16/h4-7,13-14H,3,8-12H2,1-2H3. The van der Waals surface area contributed by atoms with Crippen molar-refractivity contribution in [2.24, 2.45) is 0 Å². The molecule has 0 amide bonds. The highest BCUT2D eigenvalue weighted by Crippen LogP contribution is 2.22. The van der Waals surface area contributed by atoms with Crippen LogP contribution in [0, 0.1) is 5.82 Å². The van der Waals surface area contributed by atoms with Crippen LogP contribution in [0.15, 0.2) is 35.7 Å². The van der Waals surface area contributed by atoms with Gasteiger partial charge in [0.25, 0.3) is 0 Å². The maximum absolute atomic E-state index is 12.9. The maximum atomic E-state index is 12.9. The molecule has 0 atom stereocenters. The van der Waals surface area contributed by atoms with Crippen molar-refractivity contribution in [3.8, 4) is 5.06 Å². The van der Waals surface area contributed by atoms with Gasteiger partial charge in [0.2, 0.25) is 0 Å².